The Labute approximate surface area is 143 Å². The topological polar surface area (TPSA) is 37.9 Å². The predicted molar refractivity (Wildman–Crippen MR) is 96.1 cm³/mol. The van der Waals surface area contributed by atoms with Crippen LogP contribution in [0.1, 0.15) is 11.5 Å². The molecule has 0 radical (unpaired) electrons. The number of furan rings is 1. The van der Waals surface area contributed by atoms with Crippen molar-refractivity contribution >= 4 is 47.0 Å². The third-order valence-corrected chi connectivity index (χ3v) is 3.42. The first-order valence-electron chi connectivity index (χ1n) is 6.88. The maximum atomic E-state index is 5.92. The average Bonchev–Trinajstić information content (AvgIpc) is 2.99. The van der Waals surface area contributed by atoms with E-state index in [0.29, 0.717) is 21.6 Å². The van der Waals surface area contributed by atoms with E-state index in [1.54, 1.807) is 36.7 Å². The Bertz CT molecular complexity index is 799. The summed E-state index contributed by atoms with van der Waals surface area (Å²) in [7, 11) is 0. The van der Waals surface area contributed by atoms with Crippen LogP contribution >= 0.6 is 23.2 Å². The van der Waals surface area contributed by atoms with Crippen LogP contribution in [-0.2, 0) is 0 Å². The van der Waals surface area contributed by atoms with Gasteiger partial charge >= 0.3 is 0 Å². The summed E-state index contributed by atoms with van der Waals surface area (Å²) in [6.07, 6.45) is 3.28. The van der Waals surface area contributed by atoms with Crippen molar-refractivity contribution in [1.82, 2.24) is 0 Å². The van der Waals surface area contributed by atoms with Crippen LogP contribution in [0.15, 0.2) is 75.1 Å². The van der Waals surface area contributed by atoms with Gasteiger partial charge in [-0.3, -0.25) is 9.98 Å². The molecular weight excluding hydrogens is 331 g/mol. The van der Waals surface area contributed by atoms with Crippen molar-refractivity contribution in [2.45, 2.75) is 0 Å². The molecule has 5 heteroatoms. The molecule has 0 unspecified atom stereocenters. The van der Waals surface area contributed by atoms with Crippen LogP contribution in [0.25, 0.3) is 0 Å². The van der Waals surface area contributed by atoms with E-state index in [4.69, 9.17) is 27.6 Å². The zero-order chi connectivity index (χ0) is 16.1. The van der Waals surface area contributed by atoms with Gasteiger partial charge in [-0.15, -0.1) is 0 Å². The number of halogens is 2. The van der Waals surface area contributed by atoms with Crippen molar-refractivity contribution in [3.63, 3.8) is 0 Å². The van der Waals surface area contributed by atoms with Gasteiger partial charge in [-0.2, -0.15) is 0 Å². The van der Waals surface area contributed by atoms with Crippen molar-refractivity contribution in [3.8, 4) is 0 Å². The molecule has 3 nitrogen and oxygen atoms in total. The maximum Gasteiger partial charge on any atom is 0.145 e. The standard InChI is InChI=1S/C18H12Cl2N2O/c19-13-3-1-5-15(9-13)21-11-17-7-8-18(23-17)12-22-16-6-2-4-14(20)10-16/h1-12H. The van der Waals surface area contributed by atoms with Gasteiger partial charge in [-0.1, -0.05) is 35.3 Å². The molecule has 0 bridgehead atoms. The fraction of sp³-hybridized carbons (Fsp3) is 0. The highest BCUT2D eigenvalue weighted by atomic mass is 35.5. The molecule has 0 aliphatic carbocycles. The van der Waals surface area contributed by atoms with Crippen LogP contribution in [0.5, 0.6) is 0 Å². The number of rotatable bonds is 4. The van der Waals surface area contributed by atoms with Crippen molar-refractivity contribution < 1.29 is 4.42 Å². The van der Waals surface area contributed by atoms with Gasteiger partial charge in [0.05, 0.1) is 23.8 Å². The highest BCUT2D eigenvalue weighted by Crippen LogP contribution is 2.19. The van der Waals surface area contributed by atoms with Crippen LogP contribution in [0.2, 0.25) is 10.0 Å². The van der Waals surface area contributed by atoms with Crippen molar-refractivity contribution in [2.24, 2.45) is 9.98 Å². The van der Waals surface area contributed by atoms with Crippen molar-refractivity contribution in [3.05, 3.63) is 82.2 Å². The lowest BCUT2D eigenvalue weighted by Crippen LogP contribution is -1.76. The Morgan fingerprint density at radius 2 is 1.17 bits per heavy atom. The summed E-state index contributed by atoms with van der Waals surface area (Å²) in [5.41, 5.74) is 1.53. The maximum absolute atomic E-state index is 5.92. The molecule has 23 heavy (non-hydrogen) atoms. The Kier molecular flexibility index (Phi) is 4.91. The number of hydrogen-bond acceptors (Lipinski definition) is 3. The summed E-state index contributed by atoms with van der Waals surface area (Å²) in [4.78, 5) is 8.63. The van der Waals surface area contributed by atoms with E-state index in [0.717, 1.165) is 11.4 Å². The molecule has 3 aromatic rings. The first-order valence-corrected chi connectivity index (χ1v) is 7.64. The number of nitrogens with zero attached hydrogens (tertiary/aromatic N) is 2. The van der Waals surface area contributed by atoms with Gasteiger partial charge in [0, 0.05) is 10.0 Å². The molecule has 114 valence electrons. The largest absolute Gasteiger partial charge is 0.454 e. The van der Waals surface area contributed by atoms with E-state index in [1.807, 2.05) is 36.4 Å². The highest BCUT2D eigenvalue weighted by molar-refractivity contribution is 6.31. The van der Waals surface area contributed by atoms with Gasteiger partial charge in [0.1, 0.15) is 11.5 Å². The third kappa shape index (κ3) is 4.55. The lowest BCUT2D eigenvalue weighted by molar-refractivity contribution is 0.553. The van der Waals surface area contributed by atoms with Gasteiger partial charge in [-0.25, -0.2) is 0 Å². The van der Waals surface area contributed by atoms with E-state index in [-0.39, 0.29) is 0 Å². The molecule has 0 saturated carbocycles. The van der Waals surface area contributed by atoms with Gasteiger partial charge in [0.15, 0.2) is 0 Å². The molecule has 1 heterocycles. The summed E-state index contributed by atoms with van der Waals surface area (Å²) in [5, 5.41) is 1.29. The zero-order valence-electron chi connectivity index (χ0n) is 12.0. The number of aliphatic imine (C=N–C) groups is 2. The Hall–Kier alpha value is -2.36. The minimum atomic E-state index is 0.637. The smallest absolute Gasteiger partial charge is 0.145 e. The Morgan fingerprint density at radius 3 is 1.61 bits per heavy atom. The van der Waals surface area contributed by atoms with Crippen molar-refractivity contribution in [2.75, 3.05) is 0 Å². The first-order chi connectivity index (χ1) is 11.2. The Morgan fingerprint density at radius 1 is 0.696 bits per heavy atom. The van der Waals surface area contributed by atoms with Crippen LogP contribution < -0.4 is 0 Å². The third-order valence-electron chi connectivity index (χ3n) is 2.95. The second kappa shape index (κ2) is 7.27. The average molecular weight is 343 g/mol. The van der Waals surface area contributed by atoms with E-state index in [1.165, 1.54) is 0 Å². The second-order valence-electron chi connectivity index (χ2n) is 4.72. The van der Waals surface area contributed by atoms with Gasteiger partial charge < -0.3 is 4.42 Å². The molecule has 1 aromatic heterocycles. The quantitative estimate of drug-likeness (QED) is 0.528. The van der Waals surface area contributed by atoms with Crippen molar-refractivity contribution in [1.29, 1.82) is 0 Å². The normalized spacial score (nSPS) is 11.6. The molecule has 0 N–H and O–H groups in total. The summed E-state index contributed by atoms with van der Waals surface area (Å²) in [6.45, 7) is 0. The molecular formula is C18H12Cl2N2O. The molecule has 2 aromatic carbocycles. The van der Waals surface area contributed by atoms with Crippen LogP contribution in [0.4, 0.5) is 11.4 Å². The first kappa shape index (κ1) is 15.5. The highest BCUT2D eigenvalue weighted by Gasteiger charge is 1.98. The van der Waals surface area contributed by atoms with E-state index in [9.17, 15) is 0 Å². The number of hydrogen-bond donors (Lipinski definition) is 0. The van der Waals surface area contributed by atoms with Crippen LogP contribution in [0, 0.1) is 0 Å². The lowest BCUT2D eigenvalue weighted by Gasteiger charge is -1.93. The summed E-state index contributed by atoms with van der Waals surface area (Å²) >= 11 is 11.8. The summed E-state index contributed by atoms with van der Waals surface area (Å²) in [5.74, 6) is 1.27. The molecule has 0 aliphatic rings. The minimum absolute atomic E-state index is 0.637. The molecule has 0 amide bonds. The fourth-order valence-corrected chi connectivity index (χ4v) is 2.27. The number of benzene rings is 2. The van der Waals surface area contributed by atoms with Crippen LogP contribution in [-0.4, -0.2) is 12.4 Å². The molecule has 0 spiro atoms. The molecule has 3 rings (SSSR count). The fourth-order valence-electron chi connectivity index (χ4n) is 1.90. The summed E-state index contributed by atoms with van der Waals surface area (Å²) < 4.78 is 5.62. The second-order valence-corrected chi connectivity index (χ2v) is 5.59. The van der Waals surface area contributed by atoms with E-state index < -0.39 is 0 Å². The predicted octanol–water partition coefficient (Wildman–Crippen LogP) is 6.09. The van der Waals surface area contributed by atoms with E-state index >= 15 is 0 Å². The van der Waals surface area contributed by atoms with E-state index in [2.05, 4.69) is 9.98 Å². The van der Waals surface area contributed by atoms with Crippen LogP contribution in [0.3, 0.4) is 0 Å². The lowest BCUT2D eigenvalue weighted by atomic mass is 10.3. The minimum Gasteiger partial charge on any atom is -0.454 e. The molecule has 0 atom stereocenters. The summed E-state index contributed by atoms with van der Waals surface area (Å²) in [6, 6.07) is 18.3. The van der Waals surface area contributed by atoms with Gasteiger partial charge in [0.25, 0.3) is 0 Å². The zero-order valence-corrected chi connectivity index (χ0v) is 13.5. The molecule has 0 fully saturated rings. The molecule has 0 saturated heterocycles. The van der Waals surface area contributed by atoms with Gasteiger partial charge in [0.2, 0.25) is 0 Å². The monoisotopic (exact) mass is 342 g/mol. The molecule has 0 aliphatic heterocycles. The SMILES string of the molecule is Clc1cccc(N=Cc2ccc(C=Nc3cccc(Cl)c3)o2)c1. The Balaban J connectivity index is 1.70. The van der Waals surface area contributed by atoms with Gasteiger partial charge in [-0.05, 0) is 48.5 Å².